The molecule has 4 rings (SSSR count). The standard InChI is InChI=1S/C23H19ClN4O2/c24-18-10-5-4-9-17(18)14-26-21(29)15-28-22(30)13-20(16-7-2-1-3-8-16)27-19-11-6-12-25-23(19)28/h1-12H,13-15H2,(H,26,29). The average molecular weight is 419 g/mol. The fourth-order valence-corrected chi connectivity index (χ4v) is 3.42. The number of nitrogens with one attached hydrogen (secondary N) is 1. The number of aliphatic imine (C=N–C) groups is 1. The van der Waals surface area contributed by atoms with Crippen LogP contribution < -0.4 is 10.2 Å². The van der Waals surface area contributed by atoms with E-state index in [2.05, 4.69) is 15.3 Å². The zero-order valence-electron chi connectivity index (χ0n) is 16.1. The molecule has 0 saturated carbocycles. The van der Waals surface area contributed by atoms with Gasteiger partial charge in [0.05, 0.1) is 12.1 Å². The third-order valence-electron chi connectivity index (χ3n) is 4.74. The van der Waals surface area contributed by atoms with Crippen molar-refractivity contribution < 1.29 is 9.59 Å². The van der Waals surface area contributed by atoms with Crippen LogP contribution in [0.2, 0.25) is 5.02 Å². The van der Waals surface area contributed by atoms with Crippen molar-refractivity contribution in [2.24, 2.45) is 4.99 Å². The maximum atomic E-state index is 13.0. The lowest BCUT2D eigenvalue weighted by atomic mass is 10.1. The Morgan fingerprint density at radius 2 is 1.80 bits per heavy atom. The molecule has 1 aliphatic rings. The number of anilines is 1. The number of amides is 2. The highest BCUT2D eigenvalue weighted by atomic mass is 35.5. The van der Waals surface area contributed by atoms with E-state index in [9.17, 15) is 9.59 Å². The highest BCUT2D eigenvalue weighted by Gasteiger charge is 2.27. The summed E-state index contributed by atoms with van der Waals surface area (Å²) >= 11 is 6.14. The molecule has 6 nitrogen and oxygen atoms in total. The van der Waals surface area contributed by atoms with E-state index in [0.717, 1.165) is 11.1 Å². The maximum absolute atomic E-state index is 13.0. The minimum Gasteiger partial charge on any atom is -0.350 e. The molecule has 0 unspecified atom stereocenters. The smallest absolute Gasteiger partial charge is 0.240 e. The third kappa shape index (κ3) is 4.39. The summed E-state index contributed by atoms with van der Waals surface area (Å²) in [6.45, 7) is 0.131. The van der Waals surface area contributed by atoms with Gasteiger partial charge in [-0.05, 0) is 29.3 Å². The lowest BCUT2D eigenvalue weighted by Crippen LogP contribution is -2.41. The van der Waals surface area contributed by atoms with Gasteiger partial charge >= 0.3 is 0 Å². The van der Waals surface area contributed by atoms with Crippen LogP contribution in [0.5, 0.6) is 0 Å². The summed E-state index contributed by atoms with van der Waals surface area (Å²) in [5.41, 5.74) is 2.88. The molecule has 2 heterocycles. The van der Waals surface area contributed by atoms with Gasteiger partial charge in [-0.1, -0.05) is 60.1 Å². The highest BCUT2D eigenvalue weighted by molar-refractivity contribution is 6.31. The second-order valence-electron chi connectivity index (χ2n) is 6.80. The number of halogens is 1. The van der Waals surface area contributed by atoms with Crippen LogP contribution in [0, 0.1) is 0 Å². The normalized spacial score (nSPS) is 13.3. The minimum absolute atomic E-state index is 0.0815. The summed E-state index contributed by atoms with van der Waals surface area (Å²) in [6, 6.07) is 20.4. The van der Waals surface area contributed by atoms with E-state index >= 15 is 0 Å². The fourth-order valence-electron chi connectivity index (χ4n) is 3.22. The Bertz CT molecular complexity index is 1110. The summed E-state index contributed by atoms with van der Waals surface area (Å²) in [4.78, 5) is 36.0. The Kier molecular flexibility index (Phi) is 5.86. The van der Waals surface area contributed by atoms with Crippen LogP contribution in [0.25, 0.3) is 0 Å². The molecule has 1 aliphatic heterocycles. The molecule has 1 aromatic heterocycles. The number of hydrogen-bond donors (Lipinski definition) is 1. The molecule has 30 heavy (non-hydrogen) atoms. The first-order valence-electron chi connectivity index (χ1n) is 9.50. The van der Waals surface area contributed by atoms with Crippen LogP contribution in [0.15, 0.2) is 77.9 Å². The van der Waals surface area contributed by atoms with Crippen molar-refractivity contribution in [3.63, 3.8) is 0 Å². The molecule has 0 spiro atoms. The van der Waals surface area contributed by atoms with E-state index in [1.165, 1.54) is 4.90 Å². The highest BCUT2D eigenvalue weighted by Crippen LogP contribution is 2.30. The first kappa shape index (κ1) is 19.8. The van der Waals surface area contributed by atoms with Crippen LogP contribution >= 0.6 is 11.6 Å². The molecule has 1 N–H and O–H groups in total. The topological polar surface area (TPSA) is 74.7 Å². The Morgan fingerprint density at radius 3 is 2.60 bits per heavy atom. The van der Waals surface area contributed by atoms with E-state index in [1.807, 2.05) is 48.5 Å². The van der Waals surface area contributed by atoms with Gasteiger partial charge in [-0.15, -0.1) is 0 Å². The maximum Gasteiger partial charge on any atom is 0.240 e. The number of fused-ring (bicyclic) bond motifs is 1. The molecule has 3 aromatic rings. The Hall–Kier alpha value is -3.51. The quantitative estimate of drug-likeness (QED) is 0.682. The number of rotatable bonds is 5. The lowest BCUT2D eigenvalue weighted by molar-refractivity contribution is -0.123. The van der Waals surface area contributed by atoms with Crippen LogP contribution in [0.4, 0.5) is 11.5 Å². The van der Waals surface area contributed by atoms with Crippen molar-refractivity contribution in [2.75, 3.05) is 11.4 Å². The predicted molar refractivity (Wildman–Crippen MR) is 117 cm³/mol. The van der Waals surface area contributed by atoms with Crippen LogP contribution in [-0.4, -0.2) is 29.1 Å². The largest absolute Gasteiger partial charge is 0.350 e. The van der Waals surface area contributed by atoms with Gasteiger partial charge in [0.25, 0.3) is 0 Å². The molecule has 0 aliphatic carbocycles. The molecule has 150 valence electrons. The molecule has 0 bridgehead atoms. The van der Waals surface area contributed by atoms with E-state index < -0.39 is 0 Å². The number of carbonyl (C=O) groups excluding carboxylic acids is 2. The van der Waals surface area contributed by atoms with Gasteiger partial charge in [0.2, 0.25) is 11.8 Å². The fraction of sp³-hybridized carbons (Fsp3) is 0.130. The molecule has 7 heteroatoms. The molecule has 2 aromatic carbocycles. The van der Waals surface area contributed by atoms with Crippen molar-refractivity contribution in [2.45, 2.75) is 13.0 Å². The van der Waals surface area contributed by atoms with Gasteiger partial charge < -0.3 is 5.32 Å². The second kappa shape index (κ2) is 8.88. The molecule has 0 saturated heterocycles. The summed E-state index contributed by atoms with van der Waals surface area (Å²) < 4.78 is 0. The number of pyridine rings is 1. The molecule has 0 radical (unpaired) electrons. The Balaban J connectivity index is 1.54. The summed E-state index contributed by atoms with van der Waals surface area (Å²) in [6.07, 6.45) is 1.67. The van der Waals surface area contributed by atoms with Crippen LogP contribution in [-0.2, 0) is 16.1 Å². The SMILES string of the molecule is O=C(CN1C(=O)CC(c2ccccc2)=Nc2cccnc21)NCc1ccccc1Cl. The van der Waals surface area contributed by atoms with Gasteiger partial charge in [-0.2, -0.15) is 0 Å². The molecule has 0 fully saturated rings. The summed E-state index contributed by atoms with van der Waals surface area (Å²) in [7, 11) is 0. The second-order valence-corrected chi connectivity index (χ2v) is 7.20. The monoisotopic (exact) mass is 418 g/mol. The molecule has 0 atom stereocenters. The molecular formula is C23H19ClN4O2. The average Bonchev–Trinajstić information content (AvgIpc) is 2.90. The third-order valence-corrected chi connectivity index (χ3v) is 5.11. The van der Waals surface area contributed by atoms with E-state index in [-0.39, 0.29) is 31.3 Å². The van der Waals surface area contributed by atoms with Crippen molar-refractivity contribution in [3.8, 4) is 0 Å². The Labute approximate surface area is 179 Å². The van der Waals surface area contributed by atoms with Crippen molar-refractivity contribution in [3.05, 3.63) is 89.1 Å². The number of aromatic nitrogens is 1. The van der Waals surface area contributed by atoms with Gasteiger partial charge in [0, 0.05) is 17.8 Å². The van der Waals surface area contributed by atoms with Gasteiger partial charge in [-0.3, -0.25) is 14.5 Å². The van der Waals surface area contributed by atoms with Gasteiger partial charge in [0.1, 0.15) is 12.2 Å². The van der Waals surface area contributed by atoms with Crippen molar-refractivity contribution in [1.82, 2.24) is 10.3 Å². The summed E-state index contributed by atoms with van der Waals surface area (Å²) in [5.74, 6) is -0.160. The number of nitrogens with zero attached hydrogens (tertiary/aromatic N) is 3. The lowest BCUT2D eigenvalue weighted by Gasteiger charge is -2.20. The van der Waals surface area contributed by atoms with Crippen molar-refractivity contribution in [1.29, 1.82) is 0 Å². The number of benzene rings is 2. The minimum atomic E-state index is -0.303. The van der Waals surface area contributed by atoms with Gasteiger partial charge in [-0.25, -0.2) is 9.98 Å². The van der Waals surface area contributed by atoms with Gasteiger partial charge in [0.15, 0.2) is 5.82 Å². The zero-order chi connectivity index (χ0) is 20.9. The van der Waals surface area contributed by atoms with Crippen molar-refractivity contribution >= 4 is 40.6 Å². The number of carbonyl (C=O) groups is 2. The first-order valence-corrected chi connectivity index (χ1v) is 9.88. The molecule has 2 amide bonds. The molecular weight excluding hydrogens is 400 g/mol. The summed E-state index contributed by atoms with van der Waals surface area (Å²) in [5, 5.41) is 3.40. The number of hydrogen-bond acceptors (Lipinski definition) is 4. The van der Waals surface area contributed by atoms with E-state index in [4.69, 9.17) is 11.6 Å². The Morgan fingerprint density at radius 1 is 1.03 bits per heavy atom. The first-order chi connectivity index (χ1) is 14.6. The zero-order valence-corrected chi connectivity index (χ0v) is 16.8. The van der Waals surface area contributed by atoms with E-state index in [1.54, 1.807) is 24.4 Å². The van der Waals surface area contributed by atoms with Crippen LogP contribution in [0.1, 0.15) is 17.5 Å². The van der Waals surface area contributed by atoms with Crippen LogP contribution in [0.3, 0.4) is 0 Å². The predicted octanol–water partition coefficient (Wildman–Crippen LogP) is 3.91. The van der Waals surface area contributed by atoms with E-state index in [0.29, 0.717) is 22.2 Å².